The summed E-state index contributed by atoms with van der Waals surface area (Å²) in [6, 6.07) is 6.94. The maximum atomic E-state index is 13.2. The molecule has 3 amide bonds. The fraction of sp³-hybridized carbons (Fsp3) is 0.333. The molecule has 27 heavy (non-hydrogen) atoms. The number of nitriles is 1. The van der Waals surface area contributed by atoms with E-state index in [1.807, 2.05) is 0 Å². The number of aromatic nitrogens is 1. The summed E-state index contributed by atoms with van der Waals surface area (Å²) in [5.41, 5.74) is 1.71. The van der Waals surface area contributed by atoms with Gasteiger partial charge in [0.15, 0.2) is 10.3 Å². The number of carbonyl (C=O) groups excluding carboxylic acids is 2. The van der Waals surface area contributed by atoms with E-state index in [0.29, 0.717) is 37.3 Å². The molecule has 4 rings (SSSR count). The van der Waals surface area contributed by atoms with Gasteiger partial charge in [0.05, 0.1) is 17.8 Å². The first-order valence-corrected chi connectivity index (χ1v) is 9.23. The van der Waals surface area contributed by atoms with Crippen LogP contribution in [0.3, 0.4) is 0 Å². The van der Waals surface area contributed by atoms with Crippen molar-refractivity contribution < 1.29 is 14.0 Å². The number of thiazole rings is 1. The first kappa shape index (κ1) is 17.4. The zero-order chi connectivity index (χ0) is 19.2. The number of halogens is 1. The number of likely N-dealkylation sites (tertiary alicyclic amines) is 1. The second-order valence-electron chi connectivity index (χ2n) is 6.80. The van der Waals surface area contributed by atoms with Gasteiger partial charge in [-0.05, 0) is 30.2 Å². The van der Waals surface area contributed by atoms with Gasteiger partial charge in [0.2, 0.25) is 5.91 Å². The summed E-state index contributed by atoms with van der Waals surface area (Å²) in [5, 5.41) is 11.6. The number of fused-ring (bicyclic) bond motifs is 2. The second-order valence-corrected chi connectivity index (χ2v) is 7.78. The Balaban J connectivity index is 1.69. The van der Waals surface area contributed by atoms with Gasteiger partial charge >= 0.3 is 6.03 Å². The first-order chi connectivity index (χ1) is 12.9. The number of hydrogen-bond donors (Lipinski definition) is 1. The minimum atomic E-state index is -0.477. The van der Waals surface area contributed by atoms with Gasteiger partial charge in [-0.15, -0.1) is 0 Å². The monoisotopic (exact) mass is 385 g/mol. The fourth-order valence-corrected chi connectivity index (χ4v) is 4.42. The Morgan fingerprint density at radius 2 is 2.22 bits per heavy atom. The summed E-state index contributed by atoms with van der Waals surface area (Å²) < 4.78 is 13.2. The number of hydrogen-bond acceptors (Lipinski definition) is 5. The van der Waals surface area contributed by atoms with Gasteiger partial charge in [-0.25, -0.2) is 9.78 Å². The van der Waals surface area contributed by atoms with Gasteiger partial charge in [0.25, 0.3) is 0 Å². The number of urea groups is 1. The molecule has 1 spiro atoms. The lowest BCUT2D eigenvalue weighted by Crippen LogP contribution is -2.41. The molecule has 3 heterocycles. The highest BCUT2D eigenvalue weighted by Gasteiger charge is 2.49. The number of carbonyl (C=O) groups is 2. The molecule has 1 aromatic carbocycles. The molecule has 138 valence electrons. The van der Waals surface area contributed by atoms with Crippen molar-refractivity contribution in [3.05, 3.63) is 40.7 Å². The van der Waals surface area contributed by atoms with Crippen LogP contribution in [-0.2, 0) is 10.2 Å². The van der Waals surface area contributed by atoms with Crippen LogP contribution >= 0.6 is 11.3 Å². The van der Waals surface area contributed by atoms with Crippen molar-refractivity contribution in [1.29, 1.82) is 5.26 Å². The van der Waals surface area contributed by atoms with E-state index in [1.54, 1.807) is 28.0 Å². The van der Waals surface area contributed by atoms with Crippen LogP contribution in [0.2, 0.25) is 0 Å². The standard InChI is InChI=1S/C18H16FN5O2S/c1-11(25)23-5-4-18(9-23)10-24(14-3-2-12(7-20)6-13(14)18)17(26)22-16-21-8-15(19)27-16/h2-3,6,8H,4-5,9-10H2,1H3,(H,21,22,26)/t18-/m1/s1. The Morgan fingerprint density at radius 1 is 1.41 bits per heavy atom. The first-order valence-electron chi connectivity index (χ1n) is 8.42. The van der Waals surface area contributed by atoms with E-state index in [1.165, 1.54) is 6.92 Å². The number of nitrogens with zero attached hydrogens (tertiary/aromatic N) is 4. The Bertz CT molecular complexity index is 984. The summed E-state index contributed by atoms with van der Waals surface area (Å²) in [6.07, 6.45) is 1.77. The van der Waals surface area contributed by atoms with Crippen molar-refractivity contribution in [2.45, 2.75) is 18.8 Å². The van der Waals surface area contributed by atoms with Crippen molar-refractivity contribution >= 4 is 34.1 Å². The molecule has 1 aromatic heterocycles. The third-order valence-corrected chi connectivity index (χ3v) is 5.89. The van der Waals surface area contributed by atoms with Crippen molar-refractivity contribution in [2.24, 2.45) is 0 Å². The van der Waals surface area contributed by atoms with Gasteiger partial charge in [0, 0.05) is 37.7 Å². The largest absolute Gasteiger partial charge is 0.342 e. The predicted molar refractivity (Wildman–Crippen MR) is 98.1 cm³/mol. The van der Waals surface area contributed by atoms with Gasteiger partial charge in [-0.2, -0.15) is 9.65 Å². The highest BCUT2D eigenvalue weighted by Crippen LogP contribution is 2.47. The minimum absolute atomic E-state index is 0.00831. The Hall–Kier alpha value is -2.99. The topological polar surface area (TPSA) is 89.3 Å². The molecule has 2 aliphatic heterocycles. The molecule has 0 radical (unpaired) electrons. The van der Waals surface area contributed by atoms with Crippen LogP contribution in [-0.4, -0.2) is 41.5 Å². The summed E-state index contributed by atoms with van der Waals surface area (Å²) in [6.45, 7) is 3.03. The number of rotatable bonds is 1. The summed E-state index contributed by atoms with van der Waals surface area (Å²) >= 11 is 0.758. The van der Waals surface area contributed by atoms with Gasteiger partial charge in [-0.3, -0.25) is 15.0 Å². The molecule has 1 atom stereocenters. The molecular formula is C18H16FN5O2S. The van der Waals surface area contributed by atoms with Crippen LogP contribution in [0.4, 0.5) is 20.0 Å². The van der Waals surface area contributed by atoms with Crippen LogP contribution in [0, 0.1) is 16.5 Å². The second kappa shape index (κ2) is 6.32. The average molecular weight is 385 g/mol. The lowest BCUT2D eigenvalue weighted by Gasteiger charge is -2.25. The Kier molecular flexibility index (Phi) is 4.08. The summed E-state index contributed by atoms with van der Waals surface area (Å²) in [7, 11) is 0. The normalized spacial score (nSPS) is 20.6. The van der Waals surface area contributed by atoms with E-state index < -0.39 is 16.6 Å². The molecule has 1 N–H and O–H groups in total. The van der Waals surface area contributed by atoms with Crippen molar-refractivity contribution in [1.82, 2.24) is 9.88 Å². The molecular weight excluding hydrogens is 369 g/mol. The van der Waals surface area contributed by atoms with E-state index in [9.17, 15) is 19.2 Å². The molecule has 0 saturated carbocycles. The maximum absolute atomic E-state index is 13.2. The van der Waals surface area contributed by atoms with Crippen LogP contribution in [0.5, 0.6) is 0 Å². The minimum Gasteiger partial charge on any atom is -0.342 e. The number of nitrogens with one attached hydrogen (secondary N) is 1. The zero-order valence-corrected chi connectivity index (χ0v) is 15.3. The smallest absolute Gasteiger partial charge is 0.328 e. The molecule has 2 aromatic rings. The van der Waals surface area contributed by atoms with E-state index in [2.05, 4.69) is 16.4 Å². The third kappa shape index (κ3) is 2.92. The molecule has 1 saturated heterocycles. The quantitative estimate of drug-likeness (QED) is 0.817. The number of anilines is 2. The van der Waals surface area contributed by atoms with Crippen molar-refractivity contribution in [2.75, 3.05) is 29.9 Å². The van der Waals surface area contributed by atoms with Crippen molar-refractivity contribution in [3.8, 4) is 6.07 Å². The van der Waals surface area contributed by atoms with E-state index in [4.69, 9.17) is 0 Å². The van der Waals surface area contributed by atoms with E-state index in [-0.39, 0.29) is 11.0 Å². The summed E-state index contributed by atoms with van der Waals surface area (Å²) in [4.78, 5) is 31.8. The van der Waals surface area contributed by atoms with Gasteiger partial charge in [-0.1, -0.05) is 11.3 Å². The molecule has 2 aliphatic rings. The number of benzene rings is 1. The van der Waals surface area contributed by atoms with Crippen LogP contribution in [0.1, 0.15) is 24.5 Å². The van der Waals surface area contributed by atoms with Crippen LogP contribution < -0.4 is 10.2 Å². The average Bonchev–Trinajstić information content (AvgIpc) is 3.34. The lowest BCUT2D eigenvalue weighted by atomic mass is 9.81. The Morgan fingerprint density at radius 3 is 2.85 bits per heavy atom. The van der Waals surface area contributed by atoms with Gasteiger partial charge in [0.1, 0.15) is 0 Å². The molecule has 7 nitrogen and oxygen atoms in total. The van der Waals surface area contributed by atoms with Crippen molar-refractivity contribution in [3.63, 3.8) is 0 Å². The Labute approximate surface area is 159 Å². The maximum Gasteiger partial charge on any atom is 0.328 e. The van der Waals surface area contributed by atoms with E-state index >= 15 is 0 Å². The zero-order valence-electron chi connectivity index (χ0n) is 14.5. The molecule has 9 heteroatoms. The van der Waals surface area contributed by atoms with Crippen LogP contribution in [0.15, 0.2) is 24.4 Å². The fourth-order valence-electron chi connectivity index (χ4n) is 3.88. The molecule has 0 unspecified atom stereocenters. The summed E-state index contributed by atoms with van der Waals surface area (Å²) in [5.74, 6) is -0.00831. The number of amides is 3. The molecule has 0 aliphatic carbocycles. The predicted octanol–water partition coefficient (Wildman–Crippen LogP) is 2.70. The SMILES string of the molecule is CC(=O)N1CC[C@@]2(C1)CN(C(=O)Nc1ncc(F)s1)c1ccc(C#N)cc12. The molecule has 1 fully saturated rings. The third-order valence-electron chi connectivity index (χ3n) is 5.18. The van der Waals surface area contributed by atoms with E-state index in [0.717, 1.165) is 23.1 Å². The highest BCUT2D eigenvalue weighted by atomic mass is 32.1. The highest BCUT2D eigenvalue weighted by molar-refractivity contribution is 7.14. The van der Waals surface area contributed by atoms with Gasteiger partial charge < -0.3 is 4.90 Å². The lowest BCUT2D eigenvalue weighted by molar-refractivity contribution is -0.127. The van der Waals surface area contributed by atoms with Crippen LogP contribution in [0.25, 0.3) is 0 Å². The molecule has 0 bridgehead atoms.